The number of halogens is 1. The van der Waals surface area contributed by atoms with Gasteiger partial charge in [-0.3, -0.25) is 4.79 Å². The number of hydrogen-bond donors (Lipinski definition) is 1. The lowest BCUT2D eigenvalue weighted by molar-refractivity contribution is -0.0639. The molecule has 1 amide bonds. The molecule has 0 aromatic heterocycles. The fourth-order valence-electron chi connectivity index (χ4n) is 8.61. The molecule has 2 aromatic carbocycles. The Kier molecular flexibility index (Phi) is 9.87. The Bertz CT molecular complexity index is 1680. The molecule has 7 nitrogen and oxygen atoms in total. The first-order chi connectivity index (χ1) is 23.0. The van der Waals surface area contributed by atoms with Gasteiger partial charge in [-0.15, -0.1) is 23.5 Å². The molecule has 2 bridgehead atoms. The molecule has 2 aromatic rings. The second-order valence-electron chi connectivity index (χ2n) is 14.5. The molecule has 260 valence electrons. The molecule has 7 rings (SSSR count). The summed E-state index contributed by atoms with van der Waals surface area (Å²) in [4.78, 5) is 16.0. The van der Waals surface area contributed by atoms with Gasteiger partial charge < -0.3 is 14.4 Å². The average Bonchev–Trinajstić information content (AvgIpc) is 3.22. The van der Waals surface area contributed by atoms with Gasteiger partial charge in [0.15, 0.2) is 0 Å². The molecular formula is C37H47ClN2O5S3. The van der Waals surface area contributed by atoms with E-state index >= 15 is 0 Å². The lowest BCUT2D eigenvalue weighted by Gasteiger charge is -2.53. The van der Waals surface area contributed by atoms with Crippen LogP contribution in [0.1, 0.15) is 73.9 Å². The van der Waals surface area contributed by atoms with Gasteiger partial charge in [-0.1, -0.05) is 36.7 Å². The highest BCUT2D eigenvalue weighted by molar-refractivity contribution is 8.17. The van der Waals surface area contributed by atoms with Crippen LogP contribution in [0.15, 0.2) is 48.6 Å². The van der Waals surface area contributed by atoms with Gasteiger partial charge in [0.1, 0.15) is 11.4 Å². The van der Waals surface area contributed by atoms with Gasteiger partial charge in [0.25, 0.3) is 5.91 Å². The third-order valence-corrected chi connectivity index (χ3v) is 17.1. The minimum Gasteiger partial charge on any atom is -0.490 e. The molecule has 2 aliphatic carbocycles. The van der Waals surface area contributed by atoms with Crippen LogP contribution in [0, 0.1) is 17.8 Å². The molecule has 1 saturated carbocycles. The number of rotatable bonds is 2. The van der Waals surface area contributed by atoms with E-state index in [2.05, 4.69) is 33.9 Å². The number of ether oxygens (including phenoxy) is 2. The van der Waals surface area contributed by atoms with Crippen molar-refractivity contribution in [3.8, 4) is 5.75 Å². The van der Waals surface area contributed by atoms with Crippen molar-refractivity contribution >= 4 is 56.7 Å². The maximum atomic E-state index is 13.6. The van der Waals surface area contributed by atoms with E-state index < -0.39 is 26.8 Å². The topological polar surface area (TPSA) is 84.9 Å². The highest BCUT2D eigenvalue weighted by Gasteiger charge is 2.53. The summed E-state index contributed by atoms with van der Waals surface area (Å²) in [6.07, 6.45) is 11.4. The predicted octanol–water partition coefficient (Wildman–Crippen LogP) is 7.46. The number of sulfonamides is 1. The van der Waals surface area contributed by atoms with E-state index in [1.54, 1.807) is 13.0 Å². The number of methoxy groups -OCH3 is 1. The summed E-state index contributed by atoms with van der Waals surface area (Å²) in [6, 6.07) is 11.7. The summed E-state index contributed by atoms with van der Waals surface area (Å²) in [5.74, 6) is 2.83. The Morgan fingerprint density at radius 2 is 1.90 bits per heavy atom. The molecule has 0 unspecified atom stereocenters. The van der Waals surface area contributed by atoms with Gasteiger partial charge in [0.05, 0.1) is 22.1 Å². The van der Waals surface area contributed by atoms with Crippen molar-refractivity contribution in [2.45, 2.75) is 79.6 Å². The molecule has 1 spiro atoms. The number of amides is 1. The van der Waals surface area contributed by atoms with Crippen LogP contribution in [-0.4, -0.2) is 68.1 Å². The number of carbonyl (C=O) groups is 1. The number of hydrogen-bond acceptors (Lipinski definition) is 8. The van der Waals surface area contributed by atoms with E-state index in [1.807, 2.05) is 55.8 Å². The molecule has 1 N–H and O–H groups in total. The average molecular weight is 731 g/mol. The van der Waals surface area contributed by atoms with Crippen molar-refractivity contribution in [3.63, 3.8) is 0 Å². The van der Waals surface area contributed by atoms with Crippen molar-refractivity contribution in [2.24, 2.45) is 17.8 Å². The van der Waals surface area contributed by atoms with Crippen molar-refractivity contribution in [2.75, 3.05) is 43.2 Å². The second kappa shape index (κ2) is 13.7. The van der Waals surface area contributed by atoms with Gasteiger partial charge in [-0.2, -0.15) is 0 Å². The number of fused-ring (bicyclic) bond motifs is 4. The fraction of sp³-hybridized carbons (Fsp3) is 0.595. The van der Waals surface area contributed by atoms with Gasteiger partial charge in [-0.25, -0.2) is 13.1 Å². The molecule has 2 fully saturated rings. The largest absolute Gasteiger partial charge is 0.490 e. The second-order valence-corrected chi connectivity index (χ2v) is 19.7. The van der Waals surface area contributed by atoms with Gasteiger partial charge in [-0.05, 0) is 123 Å². The van der Waals surface area contributed by atoms with Crippen LogP contribution < -0.4 is 14.4 Å². The lowest BCUT2D eigenvalue weighted by atomic mass is 9.64. The van der Waals surface area contributed by atoms with Crippen LogP contribution >= 0.6 is 35.1 Å². The van der Waals surface area contributed by atoms with Crippen LogP contribution in [0.5, 0.6) is 5.75 Å². The predicted molar refractivity (Wildman–Crippen MR) is 198 cm³/mol. The van der Waals surface area contributed by atoms with E-state index in [1.165, 1.54) is 17.5 Å². The summed E-state index contributed by atoms with van der Waals surface area (Å²) in [5.41, 5.74) is 3.02. The molecule has 1 saturated heterocycles. The van der Waals surface area contributed by atoms with E-state index in [4.69, 9.17) is 21.1 Å². The van der Waals surface area contributed by atoms with Crippen LogP contribution in [0.25, 0.3) is 0 Å². The molecule has 5 aliphatic rings. The fourth-order valence-corrected chi connectivity index (χ4v) is 13.5. The molecule has 6 atom stereocenters. The molecule has 3 heterocycles. The quantitative estimate of drug-likeness (QED) is 0.319. The first kappa shape index (κ1) is 34.6. The standard InChI is InChI=1S/C37H47ClN2O5S3/c1-24-7-4-16-37(44-3,35-46-17-6-18-47-35)31-12-9-28(31)21-40-22-36(15-5-8-26-19-29(38)11-13-30(26)36)23-45-33-14-10-27(20-32(33)40)34(41)39-48(42,43)25(24)2/h4,10-11,13-14,16,19-20,24-25,28,31,35H,5-9,12,15,17-18,21-23H2,1-3H3,(H,39,41)/b16-4+/t24-,25+,28-,31+,36-,37-/m0/s1. The Morgan fingerprint density at radius 3 is 2.65 bits per heavy atom. The third-order valence-electron chi connectivity index (χ3n) is 11.7. The number of carbonyl (C=O) groups excluding carboxylic acids is 1. The van der Waals surface area contributed by atoms with E-state index in [0.29, 0.717) is 30.4 Å². The van der Waals surface area contributed by atoms with Gasteiger partial charge in [0.2, 0.25) is 10.0 Å². The number of benzene rings is 2. The zero-order valence-corrected chi connectivity index (χ0v) is 31.3. The van der Waals surface area contributed by atoms with Crippen molar-refractivity contribution in [1.29, 1.82) is 0 Å². The smallest absolute Gasteiger partial charge is 0.264 e. The first-order valence-electron chi connectivity index (χ1n) is 17.4. The normalized spacial score (nSPS) is 34.5. The number of nitrogens with one attached hydrogen (secondary N) is 1. The molecule has 3 aliphatic heterocycles. The number of anilines is 1. The minimum absolute atomic E-state index is 0.196. The maximum absolute atomic E-state index is 13.6. The number of allylic oxidation sites excluding steroid dienone is 1. The maximum Gasteiger partial charge on any atom is 0.264 e. The van der Waals surface area contributed by atoms with Crippen LogP contribution in [0.3, 0.4) is 0 Å². The molecule has 48 heavy (non-hydrogen) atoms. The van der Waals surface area contributed by atoms with Gasteiger partial charge in [0, 0.05) is 36.2 Å². The first-order valence-corrected chi connectivity index (χ1v) is 21.4. The third kappa shape index (κ3) is 6.31. The van der Waals surface area contributed by atoms with Crippen molar-refractivity contribution in [3.05, 3.63) is 70.3 Å². The summed E-state index contributed by atoms with van der Waals surface area (Å²) >= 11 is 10.5. The Hall–Kier alpha value is -1.85. The summed E-state index contributed by atoms with van der Waals surface area (Å²) in [5, 5.41) is -0.00564. The molecular weight excluding hydrogens is 684 g/mol. The number of nitrogens with zero attached hydrogens (tertiary/aromatic N) is 1. The van der Waals surface area contributed by atoms with Crippen LogP contribution in [-0.2, 0) is 26.6 Å². The van der Waals surface area contributed by atoms with E-state index in [0.717, 1.165) is 73.2 Å². The van der Waals surface area contributed by atoms with E-state index in [9.17, 15) is 13.2 Å². The van der Waals surface area contributed by atoms with Crippen LogP contribution in [0.4, 0.5) is 5.69 Å². The summed E-state index contributed by atoms with van der Waals surface area (Å²) in [7, 11) is -2.07. The minimum atomic E-state index is -3.93. The molecule has 0 radical (unpaired) electrons. The van der Waals surface area contributed by atoms with Crippen LogP contribution in [0.2, 0.25) is 5.02 Å². The Labute approximate surface area is 299 Å². The Morgan fingerprint density at radius 1 is 1.08 bits per heavy atom. The highest BCUT2D eigenvalue weighted by atomic mass is 35.5. The zero-order chi connectivity index (χ0) is 33.7. The number of thioether (sulfide) groups is 2. The van der Waals surface area contributed by atoms with Crippen molar-refractivity contribution in [1.82, 2.24) is 4.72 Å². The monoisotopic (exact) mass is 730 g/mol. The lowest BCUT2D eigenvalue weighted by Crippen LogP contribution is -2.56. The number of aryl methyl sites for hydroxylation is 1. The SMILES string of the molecule is CO[C@@]1(C2SCCCS2)/C=C/C[C@H](C)[C@@H](C)S(=O)(=O)NC(=O)c2ccc3c(c2)N(C[C@@H]2CC[C@H]21)C[C@@]1(CCCc2cc(Cl)ccc21)CO3. The molecule has 11 heteroatoms. The van der Waals surface area contributed by atoms with Crippen molar-refractivity contribution < 1.29 is 22.7 Å². The summed E-state index contributed by atoms with van der Waals surface area (Å²) < 4.78 is 43.0. The zero-order valence-electron chi connectivity index (χ0n) is 28.1. The highest BCUT2D eigenvalue weighted by Crippen LogP contribution is 2.54. The van der Waals surface area contributed by atoms with Gasteiger partial charge >= 0.3 is 0 Å². The summed E-state index contributed by atoms with van der Waals surface area (Å²) in [6.45, 7) is 5.69. The van der Waals surface area contributed by atoms with E-state index in [-0.39, 0.29) is 15.9 Å². The Balaban J connectivity index is 1.34.